The number of hydrogen-bond acceptors (Lipinski definition) is 3. The van der Waals surface area contributed by atoms with E-state index in [-0.39, 0.29) is 15.7 Å². The second kappa shape index (κ2) is 5.33. The van der Waals surface area contributed by atoms with Crippen molar-refractivity contribution in [1.82, 2.24) is 4.48 Å². The first-order valence-corrected chi connectivity index (χ1v) is 8.25. The van der Waals surface area contributed by atoms with Gasteiger partial charge in [0.05, 0.1) is 24.3 Å². The molecule has 1 aromatic carbocycles. The van der Waals surface area contributed by atoms with Crippen molar-refractivity contribution < 1.29 is 19.2 Å². The molecule has 3 rings (SSSR count). The van der Waals surface area contributed by atoms with Crippen molar-refractivity contribution in [2.45, 2.75) is 51.7 Å². The lowest BCUT2D eigenvalue weighted by Crippen LogP contribution is -2.51. The molecular formula is C17H25BNO4+. The molecule has 5 nitrogen and oxygen atoms in total. The van der Waals surface area contributed by atoms with Crippen LogP contribution in [0.4, 0.5) is 10.5 Å². The molecule has 2 saturated heterocycles. The second-order valence-electron chi connectivity index (χ2n) is 7.58. The Kier molecular flexibility index (Phi) is 3.82. The van der Waals surface area contributed by atoms with Gasteiger partial charge in [-0.15, -0.1) is 0 Å². The SMILES string of the molecule is CC1(C)OB(c2ccc([N+]3(C(=O)O)CCCC3)cc2)OC1(C)C. The summed E-state index contributed by atoms with van der Waals surface area (Å²) in [5.41, 5.74) is 1.01. The Morgan fingerprint density at radius 3 is 1.96 bits per heavy atom. The number of nitrogens with zero attached hydrogens (tertiary/aromatic N) is 1. The van der Waals surface area contributed by atoms with Gasteiger partial charge in [0.15, 0.2) is 0 Å². The molecule has 1 N–H and O–H groups in total. The normalized spacial score (nSPS) is 24.8. The van der Waals surface area contributed by atoms with Gasteiger partial charge in [0.2, 0.25) is 0 Å². The number of carboxylic acid groups (broad SMARTS) is 1. The minimum absolute atomic E-state index is 0.0314. The van der Waals surface area contributed by atoms with Gasteiger partial charge in [0.25, 0.3) is 0 Å². The number of hydrogen-bond donors (Lipinski definition) is 1. The van der Waals surface area contributed by atoms with Crippen molar-refractivity contribution in [2.24, 2.45) is 0 Å². The fourth-order valence-electron chi connectivity index (χ4n) is 3.33. The highest BCUT2D eigenvalue weighted by Crippen LogP contribution is 2.37. The lowest BCUT2D eigenvalue weighted by molar-refractivity contribution is 0.00578. The maximum Gasteiger partial charge on any atom is 0.518 e. The monoisotopic (exact) mass is 318 g/mol. The third kappa shape index (κ3) is 2.59. The van der Waals surface area contributed by atoms with Crippen LogP contribution in [0.15, 0.2) is 24.3 Å². The van der Waals surface area contributed by atoms with Gasteiger partial charge >= 0.3 is 13.2 Å². The molecule has 2 fully saturated rings. The Hall–Kier alpha value is -1.37. The summed E-state index contributed by atoms with van der Waals surface area (Å²) in [5, 5.41) is 9.66. The molecule has 0 saturated carbocycles. The Bertz CT molecular complexity index is 590. The Balaban J connectivity index is 1.85. The molecule has 124 valence electrons. The van der Waals surface area contributed by atoms with Crippen LogP contribution in [0.1, 0.15) is 40.5 Å². The molecule has 2 aliphatic heterocycles. The Morgan fingerprint density at radius 1 is 1.04 bits per heavy atom. The Labute approximate surface area is 137 Å². The fourth-order valence-corrected chi connectivity index (χ4v) is 3.33. The summed E-state index contributed by atoms with van der Waals surface area (Å²) in [7, 11) is -0.411. The fraction of sp³-hybridized carbons (Fsp3) is 0.588. The van der Waals surface area contributed by atoms with Gasteiger partial charge < -0.3 is 14.4 Å². The first-order valence-electron chi connectivity index (χ1n) is 8.25. The zero-order valence-corrected chi connectivity index (χ0v) is 14.3. The van der Waals surface area contributed by atoms with Gasteiger partial charge in [0.1, 0.15) is 5.69 Å². The smallest absolute Gasteiger partial charge is 0.435 e. The number of benzene rings is 1. The van der Waals surface area contributed by atoms with E-state index in [1.165, 1.54) is 0 Å². The highest BCUT2D eigenvalue weighted by molar-refractivity contribution is 6.62. The van der Waals surface area contributed by atoms with Crippen LogP contribution < -0.4 is 9.95 Å². The minimum Gasteiger partial charge on any atom is -0.435 e. The topological polar surface area (TPSA) is 55.8 Å². The minimum atomic E-state index is -0.772. The molecule has 1 amide bonds. The van der Waals surface area contributed by atoms with Crippen molar-refractivity contribution >= 4 is 24.4 Å². The van der Waals surface area contributed by atoms with Crippen LogP contribution in [0.2, 0.25) is 0 Å². The number of quaternary nitrogens is 1. The van der Waals surface area contributed by atoms with Crippen molar-refractivity contribution in [3.63, 3.8) is 0 Å². The van der Waals surface area contributed by atoms with E-state index in [1.807, 2.05) is 52.0 Å². The summed E-state index contributed by atoms with van der Waals surface area (Å²) in [5.74, 6) is 0. The summed E-state index contributed by atoms with van der Waals surface area (Å²) in [4.78, 5) is 11.8. The molecule has 0 radical (unpaired) electrons. The van der Waals surface area contributed by atoms with E-state index >= 15 is 0 Å². The van der Waals surface area contributed by atoms with Crippen LogP contribution in [-0.2, 0) is 9.31 Å². The molecule has 0 bridgehead atoms. The maximum absolute atomic E-state index is 11.8. The van der Waals surface area contributed by atoms with Crippen LogP contribution >= 0.6 is 0 Å². The number of rotatable bonds is 2. The summed E-state index contributed by atoms with van der Waals surface area (Å²) in [6.45, 7) is 9.41. The van der Waals surface area contributed by atoms with E-state index < -0.39 is 13.2 Å². The van der Waals surface area contributed by atoms with Crippen LogP contribution in [0.5, 0.6) is 0 Å². The van der Waals surface area contributed by atoms with Gasteiger partial charge in [-0.05, 0) is 45.3 Å². The van der Waals surface area contributed by atoms with Gasteiger partial charge in [-0.1, -0.05) is 12.1 Å². The zero-order valence-electron chi connectivity index (χ0n) is 14.3. The molecule has 0 aromatic heterocycles. The highest BCUT2D eigenvalue weighted by atomic mass is 16.7. The van der Waals surface area contributed by atoms with Gasteiger partial charge in [-0.2, -0.15) is 9.28 Å². The molecular weight excluding hydrogens is 293 g/mol. The molecule has 1 aromatic rings. The van der Waals surface area contributed by atoms with Crippen LogP contribution in [-0.4, -0.2) is 42.6 Å². The van der Waals surface area contributed by atoms with Crippen molar-refractivity contribution in [2.75, 3.05) is 13.1 Å². The summed E-state index contributed by atoms with van der Waals surface area (Å²) < 4.78 is 12.1. The molecule has 0 aliphatic carbocycles. The molecule has 6 heteroatoms. The second-order valence-corrected chi connectivity index (χ2v) is 7.58. The predicted octanol–water partition coefficient (Wildman–Crippen LogP) is 2.76. The number of likely N-dealkylation sites (tertiary alicyclic amines) is 1. The van der Waals surface area contributed by atoms with Crippen LogP contribution in [0.25, 0.3) is 0 Å². The van der Waals surface area contributed by atoms with Crippen LogP contribution in [0, 0.1) is 0 Å². The van der Waals surface area contributed by atoms with E-state index in [2.05, 4.69) is 0 Å². The quantitative estimate of drug-likeness (QED) is 0.673. The lowest BCUT2D eigenvalue weighted by Gasteiger charge is -2.32. The zero-order chi connectivity index (χ0) is 16.9. The summed E-state index contributed by atoms with van der Waals surface area (Å²) in [6.07, 6.45) is 1.13. The van der Waals surface area contributed by atoms with Crippen LogP contribution in [0.3, 0.4) is 0 Å². The summed E-state index contributed by atoms with van der Waals surface area (Å²) in [6, 6.07) is 7.66. The molecule has 0 spiro atoms. The number of amides is 1. The largest absolute Gasteiger partial charge is 0.518 e. The average molecular weight is 318 g/mol. The number of carbonyl (C=O) groups is 1. The molecule has 0 atom stereocenters. The Morgan fingerprint density at radius 2 is 1.52 bits per heavy atom. The van der Waals surface area contributed by atoms with E-state index in [0.717, 1.165) is 24.0 Å². The highest BCUT2D eigenvalue weighted by Gasteiger charge is 2.52. The third-order valence-corrected chi connectivity index (χ3v) is 5.61. The van der Waals surface area contributed by atoms with E-state index in [9.17, 15) is 9.90 Å². The van der Waals surface area contributed by atoms with E-state index in [1.54, 1.807) is 0 Å². The summed E-state index contributed by atoms with van der Waals surface area (Å²) >= 11 is 0. The average Bonchev–Trinajstić information content (AvgIpc) is 3.04. The van der Waals surface area contributed by atoms with Gasteiger partial charge in [-0.25, -0.2) is 0 Å². The lowest BCUT2D eigenvalue weighted by atomic mass is 9.79. The van der Waals surface area contributed by atoms with Gasteiger partial charge in [0, 0.05) is 12.8 Å². The van der Waals surface area contributed by atoms with Crippen molar-refractivity contribution in [3.8, 4) is 0 Å². The first-order chi connectivity index (χ1) is 10.7. The first kappa shape index (κ1) is 16.5. The standard InChI is InChI=1S/C17H24BNO4/c1-16(2)17(3,4)23-18(22-16)13-7-9-14(10-8-13)19(15(20)21)11-5-6-12-19/h7-10H,5-6,11-12H2,1-4H3/p+1. The molecule has 2 aliphatic rings. The third-order valence-electron chi connectivity index (χ3n) is 5.61. The van der Waals surface area contributed by atoms with E-state index in [4.69, 9.17) is 9.31 Å². The molecule has 0 unspecified atom stereocenters. The van der Waals surface area contributed by atoms with Gasteiger partial charge in [-0.3, -0.25) is 0 Å². The molecule has 23 heavy (non-hydrogen) atoms. The van der Waals surface area contributed by atoms with Crippen molar-refractivity contribution in [3.05, 3.63) is 24.3 Å². The van der Waals surface area contributed by atoms with E-state index in [0.29, 0.717) is 13.1 Å². The predicted molar refractivity (Wildman–Crippen MR) is 90.9 cm³/mol. The molecule has 2 heterocycles. The van der Waals surface area contributed by atoms with Crippen molar-refractivity contribution in [1.29, 1.82) is 0 Å². The maximum atomic E-state index is 11.8.